The Bertz CT molecular complexity index is 353. The van der Waals surface area contributed by atoms with Gasteiger partial charge in [-0.3, -0.25) is 0 Å². The molecule has 0 saturated heterocycles. The Kier molecular flexibility index (Phi) is 6.71. The molecular weight excluding hydrogens is 310 g/mol. The number of benzene rings is 1. The third-order valence-corrected chi connectivity index (χ3v) is 4.30. The Labute approximate surface area is 123 Å². The van der Waals surface area contributed by atoms with E-state index in [2.05, 4.69) is 52.4 Å². The van der Waals surface area contributed by atoms with Gasteiger partial charge in [-0.15, -0.1) is 0 Å². The minimum absolute atomic E-state index is 0.298. The summed E-state index contributed by atoms with van der Waals surface area (Å²) in [6.07, 6.45) is 3.03. The van der Waals surface area contributed by atoms with Crippen LogP contribution in [0.2, 0.25) is 0 Å². The number of nitrogens with one attached hydrogen (secondary N) is 1. The molecule has 0 radical (unpaired) electrons. The van der Waals surface area contributed by atoms with Crippen molar-refractivity contribution in [2.45, 2.75) is 31.9 Å². The molecule has 2 nitrogen and oxygen atoms in total. The Morgan fingerprint density at radius 3 is 2.50 bits per heavy atom. The Morgan fingerprint density at radius 1 is 1.39 bits per heavy atom. The van der Waals surface area contributed by atoms with Crippen LogP contribution in [0.4, 0.5) is 0 Å². The van der Waals surface area contributed by atoms with E-state index >= 15 is 0 Å². The summed E-state index contributed by atoms with van der Waals surface area (Å²) in [6, 6.07) is 8.65. The molecule has 0 aliphatic rings. The van der Waals surface area contributed by atoms with Crippen molar-refractivity contribution < 1.29 is 5.11 Å². The monoisotopic (exact) mass is 331 g/mol. The topological polar surface area (TPSA) is 32.3 Å². The molecule has 18 heavy (non-hydrogen) atoms. The van der Waals surface area contributed by atoms with Crippen LogP contribution in [-0.4, -0.2) is 29.3 Å². The van der Waals surface area contributed by atoms with E-state index in [1.165, 1.54) is 5.56 Å². The molecule has 2 N–H and O–H groups in total. The van der Waals surface area contributed by atoms with Crippen LogP contribution in [0.25, 0.3) is 0 Å². The SMILES string of the molecule is CCC(NCC(C)(O)CSC)c1ccc(Br)cc1. The molecule has 0 saturated carbocycles. The lowest BCUT2D eigenvalue weighted by atomic mass is 10.0. The summed E-state index contributed by atoms with van der Waals surface area (Å²) in [5.74, 6) is 0.747. The summed E-state index contributed by atoms with van der Waals surface area (Å²) in [6.45, 7) is 4.65. The molecule has 4 heteroatoms. The van der Waals surface area contributed by atoms with Crippen molar-refractivity contribution in [2.24, 2.45) is 0 Å². The normalized spacial score (nSPS) is 16.3. The zero-order chi connectivity index (χ0) is 13.6. The van der Waals surface area contributed by atoms with E-state index in [4.69, 9.17) is 0 Å². The van der Waals surface area contributed by atoms with Gasteiger partial charge in [0.2, 0.25) is 0 Å². The van der Waals surface area contributed by atoms with E-state index in [1.807, 2.05) is 13.2 Å². The maximum atomic E-state index is 10.2. The summed E-state index contributed by atoms with van der Waals surface area (Å²) in [7, 11) is 0. The van der Waals surface area contributed by atoms with Crippen molar-refractivity contribution in [3.8, 4) is 0 Å². The molecule has 0 aliphatic heterocycles. The summed E-state index contributed by atoms with van der Waals surface area (Å²) in [5.41, 5.74) is 0.614. The van der Waals surface area contributed by atoms with Crippen molar-refractivity contribution in [1.29, 1.82) is 0 Å². The van der Waals surface area contributed by atoms with Gasteiger partial charge >= 0.3 is 0 Å². The van der Waals surface area contributed by atoms with Gasteiger partial charge in [0, 0.05) is 22.8 Å². The maximum absolute atomic E-state index is 10.2. The molecule has 0 fully saturated rings. The quantitative estimate of drug-likeness (QED) is 0.800. The van der Waals surface area contributed by atoms with Gasteiger partial charge in [-0.1, -0.05) is 35.0 Å². The van der Waals surface area contributed by atoms with E-state index in [-0.39, 0.29) is 0 Å². The van der Waals surface area contributed by atoms with Crippen LogP contribution in [0.1, 0.15) is 31.9 Å². The fourth-order valence-corrected chi connectivity index (χ4v) is 2.89. The highest BCUT2D eigenvalue weighted by molar-refractivity contribution is 9.10. The Balaban J connectivity index is 2.60. The largest absolute Gasteiger partial charge is 0.388 e. The molecule has 1 rings (SSSR count). The van der Waals surface area contributed by atoms with E-state index in [0.29, 0.717) is 12.6 Å². The van der Waals surface area contributed by atoms with Crippen LogP contribution < -0.4 is 5.32 Å². The van der Waals surface area contributed by atoms with Gasteiger partial charge in [0.15, 0.2) is 0 Å². The van der Waals surface area contributed by atoms with E-state index in [0.717, 1.165) is 16.6 Å². The first-order valence-corrected chi connectivity index (χ1v) is 8.37. The van der Waals surface area contributed by atoms with Gasteiger partial charge in [-0.2, -0.15) is 11.8 Å². The van der Waals surface area contributed by atoms with Crippen molar-refractivity contribution in [1.82, 2.24) is 5.32 Å². The van der Waals surface area contributed by atoms with E-state index < -0.39 is 5.60 Å². The smallest absolute Gasteiger partial charge is 0.0833 e. The molecule has 2 atom stereocenters. The van der Waals surface area contributed by atoms with Gasteiger partial charge in [0.1, 0.15) is 0 Å². The van der Waals surface area contributed by atoms with Gasteiger partial charge in [0.25, 0.3) is 0 Å². The van der Waals surface area contributed by atoms with Gasteiger partial charge in [0.05, 0.1) is 5.60 Å². The fourth-order valence-electron chi connectivity index (χ4n) is 1.90. The highest BCUT2D eigenvalue weighted by Gasteiger charge is 2.21. The second-order valence-electron chi connectivity index (χ2n) is 4.82. The molecule has 1 aromatic carbocycles. The molecule has 0 bridgehead atoms. The third-order valence-electron chi connectivity index (χ3n) is 2.87. The van der Waals surface area contributed by atoms with Crippen LogP contribution in [0.5, 0.6) is 0 Å². The van der Waals surface area contributed by atoms with Crippen LogP contribution >= 0.6 is 27.7 Å². The first kappa shape index (κ1) is 16.0. The van der Waals surface area contributed by atoms with Gasteiger partial charge in [-0.05, 0) is 37.3 Å². The first-order valence-electron chi connectivity index (χ1n) is 6.18. The second kappa shape index (κ2) is 7.53. The van der Waals surface area contributed by atoms with E-state index in [9.17, 15) is 5.11 Å². The van der Waals surface area contributed by atoms with E-state index in [1.54, 1.807) is 11.8 Å². The number of aliphatic hydroxyl groups is 1. The lowest BCUT2D eigenvalue weighted by molar-refractivity contribution is 0.0812. The predicted octanol–water partition coefficient (Wildman–Crippen LogP) is 3.60. The maximum Gasteiger partial charge on any atom is 0.0833 e. The van der Waals surface area contributed by atoms with Crippen LogP contribution in [0.15, 0.2) is 28.7 Å². The van der Waals surface area contributed by atoms with Gasteiger partial charge in [-0.25, -0.2) is 0 Å². The number of hydrogen-bond donors (Lipinski definition) is 2. The molecule has 0 heterocycles. The summed E-state index contributed by atoms with van der Waals surface area (Å²) >= 11 is 5.11. The molecule has 1 aromatic rings. The molecule has 0 aromatic heterocycles. The third kappa shape index (κ3) is 5.31. The average molecular weight is 332 g/mol. The highest BCUT2D eigenvalue weighted by Crippen LogP contribution is 2.20. The standard InChI is InChI=1S/C14H22BrNOS/c1-4-13(11-5-7-12(15)8-6-11)16-9-14(2,17)10-18-3/h5-8,13,16-17H,4,9-10H2,1-3H3. The average Bonchev–Trinajstić information content (AvgIpc) is 2.32. The lowest BCUT2D eigenvalue weighted by Gasteiger charge is -2.26. The predicted molar refractivity (Wildman–Crippen MR) is 84.2 cm³/mol. The number of rotatable bonds is 7. The van der Waals surface area contributed by atoms with Crippen LogP contribution in [0, 0.1) is 0 Å². The Hall–Kier alpha value is -0.0300. The Morgan fingerprint density at radius 2 is 2.00 bits per heavy atom. The summed E-state index contributed by atoms with van der Waals surface area (Å²) < 4.78 is 1.09. The fraction of sp³-hybridized carbons (Fsp3) is 0.571. The number of hydrogen-bond acceptors (Lipinski definition) is 3. The van der Waals surface area contributed by atoms with Crippen molar-refractivity contribution >= 4 is 27.7 Å². The zero-order valence-corrected chi connectivity index (χ0v) is 13.6. The molecule has 0 amide bonds. The van der Waals surface area contributed by atoms with Crippen LogP contribution in [-0.2, 0) is 0 Å². The molecule has 2 unspecified atom stereocenters. The lowest BCUT2D eigenvalue weighted by Crippen LogP contribution is -2.41. The minimum atomic E-state index is -0.651. The molecular formula is C14H22BrNOS. The first-order chi connectivity index (χ1) is 8.48. The second-order valence-corrected chi connectivity index (χ2v) is 6.60. The molecule has 0 aliphatic carbocycles. The summed E-state index contributed by atoms with van der Waals surface area (Å²) in [4.78, 5) is 0. The zero-order valence-electron chi connectivity index (χ0n) is 11.2. The van der Waals surface area contributed by atoms with Crippen LogP contribution in [0.3, 0.4) is 0 Å². The van der Waals surface area contributed by atoms with Crippen molar-refractivity contribution in [2.75, 3.05) is 18.6 Å². The van der Waals surface area contributed by atoms with Crippen molar-refractivity contribution in [3.05, 3.63) is 34.3 Å². The molecule has 0 spiro atoms. The molecule has 102 valence electrons. The van der Waals surface area contributed by atoms with Crippen molar-refractivity contribution in [3.63, 3.8) is 0 Å². The number of halogens is 1. The minimum Gasteiger partial charge on any atom is -0.388 e. The summed E-state index contributed by atoms with van der Waals surface area (Å²) in [5, 5.41) is 13.6. The number of thioether (sulfide) groups is 1. The van der Waals surface area contributed by atoms with Gasteiger partial charge < -0.3 is 10.4 Å². The highest BCUT2D eigenvalue weighted by atomic mass is 79.9.